The molecule has 0 radical (unpaired) electrons. The third kappa shape index (κ3) is 6.22. The first-order valence-corrected chi connectivity index (χ1v) is 19.5. The number of fused-ring (bicyclic) bond motifs is 3. The second-order valence-corrected chi connectivity index (χ2v) is 14.5. The zero-order valence-corrected chi connectivity index (χ0v) is 31.1. The van der Waals surface area contributed by atoms with E-state index in [-0.39, 0.29) is 0 Å². The summed E-state index contributed by atoms with van der Waals surface area (Å²) in [5.74, 6) is 0. The number of hydrogen-bond donors (Lipinski definition) is 0. The van der Waals surface area contributed by atoms with Crippen LogP contribution in [0.2, 0.25) is 0 Å². The lowest BCUT2D eigenvalue weighted by atomic mass is 9.98. The van der Waals surface area contributed by atoms with Gasteiger partial charge in [0.1, 0.15) is 0 Å². The van der Waals surface area contributed by atoms with Gasteiger partial charge in [0.2, 0.25) is 0 Å². The Bertz CT molecular complexity index is 2830. The summed E-state index contributed by atoms with van der Waals surface area (Å²) in [6.45, 7) is 0. The zero-order chi connectivity index (χ0) is 37.3. The molecule has 1 aliphatic carbocycles. The number of benzene rings is 8. The summed E-state index contributed by atoms with van der Waals surface area (Å²) in [5.41, 5.74) is 18.1. The van der Waals surface area contributed by atoms with Gasteiger partial charge >= 0.3 is 0 Å². The minimum absolute atomic E-state index is 1.02. The first-order valence-electron chi connectivity index (χ1n) is 19.5. The lowest BCUT2D eigenvalue weighted by Crippen LogP contribution is -2.10. The number of para-hydroxylation sites is 2. The highest BCUT2D eigenvalue weighted by Crippen LogP contribution is 2.41. The van der Waals surface area contributed by atoms with E-state index in [1.54, 1.807) is 0 Å². The van der Waals surface area contributed by atoms with Crippen LogP contribution in [-0.4, -0.2) is 4.57 Å². The summed E-state index contributed by atoms with van der Waals surface area (Å²) in [6.07, 6.45) is 6.70. The Kier molecular flexibility index (Phi) is 8.70. The summed E-state index contributed by atoms with van der Waals surface area (Å²) >= 11 is 0. The van der Waals surface area contributed by atoms with Gasteiger partial charge < -0.3 is 9.47 Å². The Labute approximate surface area is 328 Å². The molecule has 8 aromatic carbocycles. The zero-order valence-electron chi connectivity index (χ0n) is 31.1. The van der Waals surface area contributed by atoms with E-state index in [1.165, 1.54) is 72.4 Å². The Morgan fingerprint density at radius 2 is 0.929 bits per heavy atom. The molecule has 1 heterocycles. The maximum Gasteiger partial charge on any atom is 0.0537 e. The third-order valence-electron chi connectivity index (χ3n) is 11.1. The van der Waals surface area contributed by atoms with Crippen molar-refractivity contribution in [3.05, 3.63) is 224 Å². The molecule has 266 valence electrons. The average Bonchev–Trinajstić information content (AvgIpc) is 3.62. The predicted octanol–water partition coefficient (Wildman–Crippen LogP) is 14.7. The molecule has 0 atom stereocenters. The van der Waals surface area contributed by atoms with Crippen molar-refractivity contribution in [2.45, 2.75) is 12.8 Å². The average molecular weight is 717 g/mol. The maximum atomic E-state index is 2.50. The van der Waals surface area contributed by atoms with Gasteiger partial charge in [0, 0.05) is 39.3 Å². The molecule has 1 aliphatic rings. The van der Waals surface area contributed by atoms with E-state index in [9.17, 15) is 0 Å². The number of allylic oxidation sites excluding steroid dienone is 1. The molecule has 0 N–H and O–H groups in total. The molecule has 0 amide bonds. The normalized spacial score (nSPS) is 12.1. The molecule has 1 aromatic heterocycles. The molecule has 0 aliphatic heterocycles. The van der Waals surface area contributed by atoms with Crippen molar-refractivity contribution in [2.75, 3.05) is 4.90 Å². The molecule has 0 bridgehead atoms. The summed E-state index contributed by atoms with van der Waals surface area (Å²) < 4.78 is 2.50. The summed E-state index contributed by atoms with van der Waals surface area (Å²) in [6, 6.07) is 74.7. The van der Waals surface area contributed by atoms with Crippen LogP contribution in [0.15, 0.2) is 212 Å². The summed E-state index contributed by atoms with van der Waals surface area (Å²) in [7, 11) is 0. The van der Waals surface area contributed by atoms with Crippen LogP contribution in [0, 0.1) is 0 Å². The fourth-order valence-corrected chi connectivity index (χ4v) is 8.36. The Morgan fingerprint density at radius 3 is 1.64 bits per heavy atom. The smallest absolute Gasteiger partial charge is 0.0537 e. The monoisotopic (exact) mass is 716 g/mol. The summed E-state index contributed by atoms with van der Waals surface area (Å²) in [4.78, 5) is 2.38. The van der Waals surface area contributed by atoms with Gasteiger partial charge in [0.15, 0.2) is 0 Å². The van der Waals surface area contributed by atoms with Crippen LogP contribution in [0.4, 0.5) is 17.1 Å². The Balaban J connectivity index is 1.07. The van der Waals surface area contributed by atoms with Crippen molar-refractivity contribution in [1.29, 1.82) is 0 Å². The van der Waals surface area contributed by atoms with E-state index in [4.69, 9.17) is 0 Å². The minimum Gasteiger partial charge on any atom is -0.312 e. The molecular formula is C54H40N2. The fraction of sp³-hybridized carbons (Fsp3) is 0.0370. The molecule has 56 heavy (non-hydrogen) atoms. The van der Waals surface area contributed by atoms with Gasteiger partial charge in [-0.25, -0.2) is 0 Å². The van der Waals surface area contributed by atoms with Crippen LogP contribution in [0.1, 0.15) is 17.7 Å². The molecule has 0 saturated carbocycles. The minimum atomic E-state index is 1.02. The summed E-state index contributed by atoms with van der Waals surface area (Å²) in [5, 5.41) is 1.31. The molecule has 0 unspecified atom stereocenters. The highest BCUT2D eigenvalue weighted by atomic mass is 15.1. The van der Waals surface area contributed by atoms with Crippen LogP contribution in [0.3, 0.4) is 0 Å². The molecule has 0 fully saturated rings. The molecule has 0 spiro atoms. The van der Waals surface area contributed by atoms with Gasteiger partial charge in [-0.15, -0.1) is 0 Å². The number of anilines is 3. The van der Waals surface area contributed by atoms with Gasteiger partial charge in [-0.2, -0.15) is 0 Å². The lowest BCUT2D eigenvalue weighted by molar-refractivity contribution is 0.889. The molecule has 10 rings (SSSR count). The predicted molar refractivity (Wildman–Crippen MR) is 237 cm³/mol. The molecule has 2 heteroatoms. The highest BCUT2D eigenvalue weighted by molar-refractivity contribution is 5.95. The van der Waals surface area contributed by atoms with Crippen molar-refractivity contribution in [3.8, 4) is 50.2 Å². The number of nitrogens with zero attached hydrogens (tertiary/aromatic N) is 2. The fourth-order valence-electron chi connectivity index (χ4n) is 8.36. The molecular weight excluding hydrogens is 677 g/mol. The standard InChI is InChI=1S/C54H40N2/c1-3-15-39(16-4-1)41-29-33-46(34-30-41)55(47-35-31-42(32-36-47)44-20-13-19-43(37-44)40-17-5-2-6-18-40)48-22-14-21-45(38-48)49-23-7-10-26-52(49)56-53-27-11-8-24-50(53)51-25-9-12-28-54(51)56/h1-11,13-27,29-38H,12,28H2. The Morgan fingerprint density at radius 1 is 0.393 bits per heavy atom. The third-order valence-corrected chi connectivity index (χ3v) is 11.1. The quantitative estimate of drug-likeness (QED) is 0.152. The van der Waals surface area contributed by atoms with Crippen LogP contribution < -0.4 is 4.90 Å². The van der Waals surface area contributed by atoms with Crippen LogP contribution in [0.5, 0.6) is 0 Å². The van der Waals surface area contributed by atoms with Crippen LogP contribution >= 0.6 is 0 Å². The molecule has 0 saturated heterocycles. The number of aromatic nitrogens is 1. The van der Waals surface area contributed by atoms with E-state index in [0.29, 0.717) is 0 Å². The maximum absolute atomic E-state index is 2.50. The highest BCUT2D eigenvalue weighted by Gasteiger charge is 2.21. The van der Waals surface area contributed by atoms with E-state index < -0.39 is 0 Å². The van der Waals surface area contributed by atoms with Crippen molar-refractivity contribution < 1.29 is 0 Å². The first-order chi connectivity index (χ1) is 27.8. The van der Waals surface area contributed by atoms with E-state index in [0.717, 1.165) is 29.9 Å². The lowest BCUT2D eigenvalue weighted by Gasteiger charge is -2.27. The van der Waals surface area contributed by atoms with Crippen molar-refractivity contribution >= 4 is 34.0 Å². The Hall–Kier alpha value is -7.16. The van der Waals surface area contributed by atoms with E-state index in [1.807, 2.05) is 0 Å². The number of hydrogen-bond acceptors (Lipinski definition) is 1. The van der Waals surface area contributed by atoms with Crippen LogP contribution in [0.25, 0.3) is 67.2 Å². The second kappa shape index (κ2) is 14.6. The number of rotatable bonds is 8. The van der Waals surface area contributed by atoms with Gasteiger partial charge in [0.25, 0.3) is 0 Å². The van der Waals surface area contributed by atoms with Gasteiger partial charge in [-0.05, 0) is 106 Å². The SMILES string of the molecule is C1=Cc2c(n(-c3ccccc3-c3cccc(N(c4ccc(-c5ccccc5)cc4)c4ccc(-c5cccc(-c6ccccc6)c5)cc4)c3)c3ccccc23)CC1. The van der Waals surface area contributed by atoms with Crippen molar-refractivity contribution in [2.24, 2.45) is 0 Å². The van der Waals surface area contributed by atoms with Crippen molar-refractivity contribution in [1.82, 2.24) is 4.57 Å². The molecule has 2 nitrogen and oxygen atoms in total. The topological polar surface area (TPSA) is 8.17 Å². The van der Waals surface area contributed by atoms with Crippen molar-refractivity contribution in [3.63, 3.8) is 0 Å². The van der Waals surface area contributed by atoms with Gasteiger partial charge in [-0.1, -0.05) is 164 Å². The van der Waals surface area contributed by atoms with E-state index >= 15 is 0 Å². The largest absolute Gasteiger partial charge is 0.312 e. The second-order valence-electron chi connectivity index (χ2n) is 14.5. The van der Waals surface area contributed by atoms with Gasteiger partial charge in [-0.3, -0.25) is 0 Å². The van der Waals surface area contributed by atoms with Gasteiger partial charge in [0.05, 0.1) is 11.2 Å². The molecule has 9 aromatic rings. The van der Waals surface area contributed by atoms with Crippen LogP contribution in [-0.2, 0) is 6.42 Å². The van der Waals surface area contributed by atoms with E-state index in [2.05, 4.69) is 228 Å². The first kappa shape index (κ1) is 33.4.